The zero-order valence-electron chi connectivity index (χ0n) is 8.87. The fourth-order valence-electron chi connectivity index (χ4n) is 1.11. The normalized spacial score (nSPS) is 11.5. The van der Waals surface area contributed by atoms with Crippen LogP contribution in [0.4, 0.5) is 5.69 Å². The Balaban J connectivity index is 2.91. The molecule has 0 radical (unpaired) electrons. The number of benzene rings is 1. The first-order valence-corrected chi connectivity index (χ1v) is 4.68. The quantitative estimate of drug-likeness (QED) is 0.454. The van der Waals surface area contributed by atoms with E-state index in [1.54, 1.807) is 0 Å². The molecule has 1 aromatic carbocycles. The lowest BCUT2D eigenvalue weighted by molar-refractivity contribution is 0.159. The van der Waals surface area contributed by atoms with Crippen molar-refractivity contribution < 1.29 is 4.84 Å². The molecule has 1 aromatic rings. The molecule has 0 saturated heterocycles. The maximum absolute atomic E-state index is 5.72. The van der Waals surface area contributed by atoms with Crippen LogP contribution in [0.3, 0.4) is 0 Å². The van der Waals surface area contributed by atoms with Crippen molar-refractivity contribution in [3.8, 4) is 0 Å². The molecule has 0 spiro atoms. The van der Waals surface area contributed by atoms with E-state index in [0.29, 0.717) is 6.61 Å². The molecular weight excluding hydrogens is 176 g/mol. The average molecular weight is 192 g/mol. The molecule has 0 aromatic heterocycles. The van der Waals surface area contributed by atoms with E-state index in [1.807, 2.05) is 39.0 Å². The van der Waals surface area contributed by atoms with Crippen molar-refractivity contribution >= 4 is 11.4 Å². The molecule has 3 heteroatoms. The summed E-state index contributed by atoms with van der Waals surface area (Å²) >= 11 is 0. The largest absolute Gasteiger partial charge is 0.399 e. The number of hydrogen-bond acceptors (Lipinski definition) is 3. The number of nitrogens with zero attached hydrogens (tertiary/aromatic N) is 1. The van der Waals surface area contributed by atoms with Crippen molar-refractivity contribution in [2.24, 2.45) is 5.16 Å². The molecule has 76 valence electrons. The van der Waals surface area contributed by atoms with Gasteiger partial charge in [0, 0.05) is 5.69 Å². The third kappa shape index (κ3) is 2.49. The molecule has 0 fully saturated rings. The third-order valence-electron chi connectivity index (χ3n) is 2.02. The van der Waals surface area contributed by atoms with Gasteiger partial charge in [0.2, 0.25) is 0 Å². The Morgan fingerprint density at radius 3 is 2.79 bits per heavy atom. The summed E-state index contributed by atoms with van der Waals surface area (Å²) < 4.78 is 0. The molecule has 0 bridgehead atoms. The Hall–Kier alpha value is -1.51. The van der Waals surface area contributed by atoms with Crippen LogP contribution < -0.4 is 5.73 Å². The van der Waals surface area contributed by atoms with Crippen LogP contribution in [0.25, 0.3) is 0 Å². The van der Waals surface area contributed by atoms with Gasteiger partial charge in [0.15, 0.2) is 0 Å². The van der Waals surface area contributed by atoms with Gasteiger partial charge in [0.1, 0.15) is 6.61 Å². The summed E-state index contributed by atoms with van der Waals surface area (Å²) in [4.78, 5) is 4.98. The summed E-state index contributed by atoms with van der Waals surface area (Å²) in [5, 5.41) is 3.96. The highest BCUT2D eigenvalue weighted by molar-refractivity contribution is 5.98. The van der Waals surface area contributed by atoms with Crippen LogP contribution >= 0.6 is 0 Å². The molecular formula is C11H16N2O. The van der Waals surface area contributed by atoms with Crippen LogP contribution in [-0.2, 0) is 4.84 Å². The first-order valence-electron chi connectivity index (χ1n) is 4.68. The molecule has 0 heterocycles. The van der Waals surface area contributed by atoms with Gasteiger partial charge in [0.05, 0.1) is 5.71 Å². The van der Waals surface area contributed by atoms with Crippen LogP contribution in [0.15, 0.2) is 23.4 Å². The Bertz CT molecular complexity index is 345. The number of rotatable bonds is 3. The molecule has 14 heavy (non-hydrogen) atoms. The van der Waals surface area contributed by atoms with Crippen LogP contribution in [0.5, 0.6) is 0 Å². The lowest BCUT2D eigenvalue weighted by atomic mass is 10.1. The Morgan fingerprint density at radius 1 is 1.50 bits per heavy atom. The second-order valence-corrected chi connectivity index (χ2v) is 3.17. The minimum Gasteiger partial charge on any atom is -0.399 e. The third-order valence-corrected chi connectivity index (χ3v) is 2.02. The molecule has 0 aliphatic heterocycles. The van der Waals surface area contributed by atoms with Gasteiger partial charge in [-0.05, 0) is 44.0 Å². The Morgan fingerprint density at radius 2 is 2.21 bits per heavy atom. The standard InChI is InChI=1S/C11H16N2O/c1-4-14-13-9(3)10-5-6-11(12)8(2)7-10/h5-7H,4,12H2,1-3H3/b13-9+. The zero-order valence-corrected chi connectivity index (χ0v) is 8.87. The highest BCUT2D eigenvalue weighted by atomic mass is 16.6. The van der Waals surface area contributed by atoms with E-state index in [9.17, 15) is 0 Å². The van der Waals surface area contributed by atoms with Crippen molar-refractivity contribution in [2.45, 2.75) is 20.8 Å². The number of aryl methyl sites for hydroxylation is 1. The van der Waals surface area contributed by atoms with Crippen molar-refractivity contribution in [3.63, 3.8) is 0 Å². The van der Waals surface area contributed by atoms with E-state index >= 15 is 0 Å². The predicted molar refractivity (Wildman–Crippen MR) is 59.4 cm³/mol. The highest BCUT2D eigenvalue weighted by Gasteiger charge is 2.00. The van der Waals surface area contributed by atoms with Gasteiger partial charge >= 0.3 is 0 Å². The minimum atomic E-state index is 0.589. The summed E-state index contributed by atoms with van der Waals surface area (Å²) in [6, 6.07) is 5.84. The molecule has 0 amide bonds. The monoisotopic (exact) mass is 192 g/mol. The smallest absolute Gasteiger partial charge is 0.114 e. The topological polar surface area (TPSA) is 47.6 Å². The maximum Gasteiger partial charge on any atom is 0.114 e. The van der Waals surface area contributed by atoms with E-state index in [4.69, 9.17) is 10.6 Å². The Kier molecular flexibility index (Phi) is 3.51. The lowest BCUT2D eigenvalue weighted by Crippen LogP contribution is -1.98. The van der Waals surface area contributed by atoms with E-state index in [1.165, 1.54) is 0 Å². The van der Waals surface area contributed by atoms with E-state index in [0.717, 1.165) is 22.5 Å². The fraction of sp³-hybridized carbons (Fsp3) is 0.364. The second kappa shape index (κ2) is 4.65. The zero-order chi connectivity index (χ0) is 10.6. The van der Waals surface area contributed by atoms with Gasteiger partial charge in [-0.2, -0.15) is 0 Å². The molecule has 1 rings (SSSR count). The van der Waals surface area contributed by atoms with Crippen molar-refractivity contribution in [2.75, 3.05) is 12.3 Å². The lowest BCUT2D eigenvalue weighted by Gasteiger charge is -2.04. The SMILES string of the molecule is CCO/N=C(\C)c1ccc(N)c(C)c1. The van der Waals surface area contributed by atoms with E-state index < -0.39 is 0 Å². The molecule has 0 atom stereocenters. The van der Waals surface area contributed by atoms with Gasteiger partial charge in [-0.3, -0.25) is 0 Å². The molecule has 0 saturated carbocycles. The summed E-state index contributed by atoms with van der Waals surface area (Å²) in [5.41, 5.74) is 9.50. The summed E-state index contributed by atoms with van der Waals surface area (Å²) in [6.07, 6.45) is 0. The summed E-state index contributed by atoms with van der Waals surface area (Å²) in [6.45, 7) is 6.39. The van der Waals surface area contributed by atoms with Crippen LogP contribution in [-0.4, -0.2) is 12.3 Å². The number of hydrogen-bond donors (Lipinski definition) is 1. The molecule has 3 nitrogen and oxygen atoms in total. The molecule has 2 N–H and O–H groups in total. The van der Waals surface area contributed by atoms with Crippen LogP contribution in [0.1, 0.15) is 25.0 Å². The number of nitrogen functional groups attached to an aromatic ring is 1. The van der Waals surface area contributed by atoms with E-state index in [-0.39, 0.29) is 0 Å². The van der Waals surface area contributed by atoms with Gasteiger partial charge in [-0.15, -0.1) is 0 Å². The van der Waals surface area contributed by atoms with Crippen LogP contribution in [0.2, 0.25) is 0 Å². The maximum atomic E-state index is 5.72. The van der Waals surface area contributed by atoms with Crippen molar-refractivity contribution in [1.82, 2.24) is 0 Å². The fourth-order valence-corrected chi connectivity index (χ4v) is 1.11. The summed E-state index contributed by atoms with van der Waals surface area (Å²) in [7, 11) is 0. The summed E-state index contributed by atoms with van der Waals surface area (Å²) in [5.74, 6) is 0. The number of anilines is 1. The van der Waals surface area contributed by atoms with Gasteiger partial charge in [-0.25, -0.2) is 0 Å². The van der Waals surface area contributed by atoms with Crippen LogP contribution in [0, 0.1) is 6.92 Å². The number of nitrogens with two attached hydrogens (primary N) is 1. The molecule has 0 aliphatic carbocycles. The predicted octanol–water partition coefficient (Wildman–Crippen LogP) is 2.34. The van der Waals surface area contributed by atoms with Gasteiger partial charge in [0.25, 0.3) is 0 Å². The van der Waals surface area contributed by atoms with E-state index in [2.05, 4.69) is 5.16 Å². The van der Waals surface area contributed by atoms with Gasteiger partial charge < -0.3 is 10.6 Å². The molecule has 0 unspecified atom stereocenters. The Labute approximate surface area is 84.6 Å². The average Bonchev–Trinajstić information content (AvgIpc) is 2.18. The van der Waals surface area contributed by atoms with Gasteiger partial charge in [-0.1, -0.05) is 11.2 Å². The first-order chi connectivity index (χ1) is 6.65. The highest BCUT2D eigenvalue weighted by Crippen LogP contribution is 2.13. The van der Waals surface area contributed by atoms with Crippen molar-refractivity contribution in [3.05, 3.63) is 29.3 Å². The molecule has 0 aliphatic rings. The first kappa shape index (κ1) is 10.6. The minimum absolute atomic E-state index is 0.589. The second-order valence-electron chi connectivity index (χ2n) is 3.17. The van der Waals surface area contributed by atoms with Crippen molar-refractivity contribution in [1.29, 1.82) is 0 Å². The number of oxime groups is 1.